The number of alkyl halides is 2. The minimum absolute atomic E-state index is 0.0436. The number of anilines is 1. The summed E-state index contributed by atoms with van der Waals surface area (Å²) in [6.45, 7) is -1.44. The van der Waals surface area contributed by atoms with Crippen LogP contribution in [0.2, 0.25) is 0 Å². The summed E-state index contributed by atoms with van der Waals surface area (Å²) in [7, 11) is 1.47. The van der Waals surface area contributed by atoms with E-state index in [0.29, 0.717) is 0 Å². The Balaban J connectivity index is 1.83. The number of hydrogen-bond donors (Lipinski definition) is 2. The molecule has 3 rings (SSSR count). The standard InChI is InChI=1S/C19H18F3N5O3/c1-19(8-15(28)27(2)18(23)26-19)12-7-10(3-5-13(12)20)25-16(29)14-6-4-11(9-24-14)30-17(21)22/h3-7,9,17H,8H2,1-2H3,(H2,23,26)(H,25,29). The maximum Gasteiger partial charge on any atom is 0.387 e. The monoisotopic (exact) mass is 421 g/mol. The summed E-state index contributed by atoms with van der Waals surface area (Å²) in [6, 6.07) is 6.21. The average Bonchev–Trinajstić information content (AvgIpc) is 2.67. The number of aromatic nitrogens is 1. The lowest BCUT2D eigenvalue weighted by atomic mass is 9.87. The van der Waals surface area contributed by atoms with Crippen molar-refractivity contribution in [1.29, 1.82) is 0 Å². The Hall–Kier alpha value is -3.63. The lowest BCUT2D eigenvalue weighted by Crippen LogP contribution is -2.47. The number of halogens is 3. The number of carbonyl (C=O) groups is 2. The molecule has 2 heterocycles. The van der Waals surface area contributed by atoms with Crippen molar-refractivity contribution in [2.24, 2.45) is 10.7 Å². The van der Waals surface area contributed by atoms with E-state index in [4.69, 9.17) is 5.73 Å². The summed E-state index contributed by atoms with van der Waals surface area (Å²) in [5.74, 6) is -1.83. The SMILES string of the molecule is CN1C(=O)CC(C)(c2cc(NC(=O)c3ccc(OC(F)F)cn3)ccc2F)N=C1N. The zero-order chi connectivity index (χ0) is 22.1. The molecule has 30 heavy (non-hydrogen) atoms. The highest BCUT2D eigenvalue weighted by Crippen LogP contribution is 2.35. The van der Waals surface area contributed by atoms with Crippen LogP contribution in [0.4, 0.5) is 18.9 Å². The topological polar surface area (TPSA) is 110 Å². The second kappa shape index (κ2) is 8.01. The highest BCUT2D eigenvalue weighted by molar-refractivity contribution is 6.03. The van der Waals surface area contributed by atoms with Gasteiger partial charge < -0.3 is 15.8 Å². The number of carbonyl (C=O) groups excluding carboxylic acids is 2. The summed E-state index contributed by atoms with van der Waals surface area (Å²) in [6.07, 6.45) is 0.880. The van der Waals surface area contributed by atoms with Crippen LogP contribution in [0.5, 0.6) is 5.75 Å². The fourth-order valence-corrected chi connectivity index (χ4v) is 2.96. The van der Waals surface area contributed by atoms with Crippen LogP contribution < -0.4 is 15.8 Å². The molecule has 0 aliphatic carbocycles. The third kappa shape index (κ3) is 4.34. The number of amides is 2. The number of hydrogen-bond acceptors (Lipinski definition) is 6. The molecule has 158 valence electrons. The zero-order valence-corrected chi connectivity index (χ0v) is 16.0. The average molecular weight is 421 g/mol. The maximum absolute atomic E-state index is 14.5. The third-order valence-electron chi connectivity index (χ3n) is 4.57. The molecule has 1 aliphatic heterocycles. The van der Waals surface area contributed by atoms with Gasteiger partial charge in [0.2, 0.25) is 5.91 Å². The molecule has 11 heteroatoms. The zero-order valence-electron chi connectivity index (χ0n) is 16.0. The van der Waals surface area contributed by atoms with Crippen LogP contribution >= 0.6 is 0 Å². The number of guanidine groups is 1. The van der Waals surface area contributed by atoms with E-state index in [9.17, 15) is 22.8 Å². The van der Waals surface area contributed by atoms with Crippen LogP contribution in [0, 0.1) is 5.82 Å². The second-order valence-corrected chi connectivity index (χ2v) is 6.78. The maximum atomic E-state index is 14.5. The molecule has 0 spiro atoms. The lowest BCUT2D eigenvalue weighted by Gasteiger charge is -2.34. The van der Waals surface area contributed by atoms with Gasteiger partial charge in [-0.3, -0.25) is 14.5 Å². The highest BCUT2D eigenvalue weighted by Gasteiger charge is 2.38. The van der Waals surface area contributed by atoms with Gasteiger partial charge in [-0.05, 0) is 37.3 Å². The molecule has 0 fully saturated rings. The highest BCUT2D eigenvalue weighted by atomic mass is 19.3. The van der Waals surface area contributed by atoms with Crippen LogP contribution in [0.3, 0.4) is 0 Å². The Morgan fingerprint density at radius 1 is 1.33 bits per heavy atom. The summed E-state index contributed by atoms with van der Waals surface area (Å²) in [5.41, 5.74) is 4.77. The minimum Gasteiger partial charge on any atom is -0.433 e. The Morgan fingerprint density at radius 2 is 2.07 bits per heavy atom. The van der Waals surface area contributed by atoms with Crippen molar-refractivity contribution >= 4 is 23.5 Å². The van der Waals surface area contributed by atoms with Crippen molar-refractivity contribution in [1.82, 2.24) is 9.88 Å². The van der Waals surface area contributed by atoms with Gasteiger partial charge in [0.15, 0.2) is 5.96 Å². The third-order valence-corrected chi connectivity index (χ3v) is 4.57. The Kier molecular flexibility index (Phi) is 5.63. The van der Waals surface area contributed by atoms with Crippen LogP contribution in [-0.2, 0) is 10.3 Å². The van der Waals surface area contributed by atoms with E-state index in [1.165, 1.54) is 36.2 Å². The molecule has 2 amide bonds. The molecule has 1 aromatic heterocycles. The molecule has 2 aromatic rings. The molecule has 8 nitrogen and oxygen atoms in total. The number of pyridine rings is 1. The smallest absolute Gasteiger partial charge is 0.387 e. The van der Waals surface area contributed by atoms with Gasteiger partial charge in [-0.1, -0.05) is 0 Å². The number of nitrogens with one attached hydrogen (secondary N) is 1. The number of aliphatic imine (C=N–C) groups is 1. The largest absolute Gasteiger partial charge is 0.433 e. The van der Waals surface area contributed by atoms with E-state index >= 15 is 0 Å². The van der Waals surface area contributed by atoms with Gasteiger partial charge in [-0.25, -0.2) is 14.4 Å². The summed E-state index contributed by atoms with van der Waals surface area (Å²) >= 11 is 0. The van der Waals surface area contributed by atoms with Gasteiger partial charge in [0.25, 0.3) is 5.91 Å². The lowest BCUT2D eigenvalue weighted by molar-refractivity contribution is -0.128. The molecule has 1 aromatic carbocycles. The van der Waals surface area contributed by atoms with Crippen LogP contribution in [-0.4, -0.2) is 41.3 Å². The molecular formula is C19H18F3N5O3. The molecule has 1 aliphatic rings. The molecule has 1 unspecified atom stereocenters. The van der Waals surface area contributed by atoms with E-state index in [-0.39, 0.29) is 41.0 Å². The number of benzene rings is 1. The van der Waals surface area contributed by atoms with Crippen molar-refractivity contribution in [2.75, 3.05) is 12.4 Å². The van der Waals surface area contributed by atoms with Gasteiger partial charge in [0.05, 0.1) is 18.2 Å². The Bertz CT molecular complexity index is 1010. The molecule has 0 saturated heterocycles. The molecule has 3 N–H and O–H groups in total. The van der Waals surface area contributed by atoms with Crippen molar-refractivity contribution < 1.29 is 27.5 Å². The van der Waals surface area contributed by atoms with Gasteiger partial charge in [-0.15, -0.1) is 0 Å². The van der Waals surface area contributed by atoms with Gasteiger partial charge in [0.1, 0.15) is 17.3 Å². The first-order valence-corrected chi connectivity index (χ1v) is 8.73. The summed E-state index contributed by atoms with van der Waals surface area (Å²) in [5, 5.41) is 2.54. The first-order valence-electron chi connectivity index (χ1n) is 8.73. The van der Waals surface area contributed by atoms with E-state index in [2.05, 4.69) is 20.0 Å². The Morgan fingerprint density at radius 3 is 2.67 bits per heavy atom. The predicted molar refractivity (Wildman–Crippen MR) is 102 cm³/mol. The van der Waals surface area contributed by atoms with E-state index in [1.54, 1.807) is 6.92 Å². The number of ether oxygens (including phenoxy) is 1. The molecule has 0 bridgehead atoms. The molecule has 1 atom stereocenters. The molecule has 0 saturated carbocycles. The second-order valence-electron chi connectivity index (χ2n) is 6.78. The van der Waals surface area contributed by atoms with Crippen LogP contribution in [0.1, 0.15) is 29.4 Å². The number of nitrogens with two attached hydrogens (primary N) is 1. The molecule has 0 radical (unpaired) electrons. The first-order chi connectivity index (χ1) is 14.1. The van der Waals surface area contributed by atoms with Crippen molar-refractivity contribution in [3.8, 4) is 5.75 Å². The van der Waals surface area contributed by atoms with Gasteiger partial charge in [0, 0.05) is 18.3 Å². The minimum atomic E-state index is -3.01. The van der Waals surface area contributed by atoms with E-state index in [0.717, 1.165) is 12.3 Å². The van der Waals surface area contributed by atoms with Gasteiger partial charge >= 0.3 is 6.61 Å². The fraction of sp³-hybridized carbons (Fsp3) is 0.263. The van der Waals surface area contributed by atoms with Crippen LogP contribution in [0.25, 0.3) is 0 Å². The van der Waals surface area contributed by atoms with E-state index in [1.807, 2.05) is 0 Å². The first kappa shape index (κ1) is 21.1. The summed E-state index contributed by atoms with van der Waals surface area (Å²) < 4.78 is 43.1. The van der Waals surface area contributed by atoms with Crippen LogP contribution in [0.15, 0.2) is 41.5 Å². The number of nitrogens with zero attached hydrogens (tertiary/aromatic N) is 3. The quantitative estimate of drug-likeness (QED) is 0.771. The van der Waals surface area contributed by atoms with Gasteiger partial charge in [-0.2, -0.15) is 8.78 Å². The molecular weight excluding hydrogens is 403 g/mol. The summed E-state index contributed by atoms with van der Waals surface area (Å²) in [4.78, 5) is 33.7. The van der Waals surface area contributed by atoms with Crippen molar-refractivity contribution in [3.05, 3.63) is 53.6 Å². The van der Waals surface area contributed by atoms with Crippen molar-refractivity contribution in [2.45, 2.75) is 25.5 Å². The fourth-order valence-electron chi connectivity index (χ4n) is 2.96. The predicted octanol–water partition coefficient (Wildman–Crippen LogP) is 2.47. The normalized spacial score (nSPS) is 18.9. The number of rotatable bonds is 5. The van der Waals surface area contributed by atoms with E-state index < -0.39 is 23.9 Å². The van der Waals surface area contributed by atoms with Crippen molar-refractivity contribution in [3.63, 3.8) is 0 Å². The Labute approximate surface area is 169 Å².